The number of carbonyl (C=O) groups is 1. The van der Waals surface area contributed by atoms with E-state index >= 15 is 0 Å². The fourth-order valence-electron chi connectivity index (χ4n) is 2.48. The zero-order valence-electron chi connectivity index (χ0n) is 15.8. The molecule has 0 unspecified atom stereocenters. The maximum absolute atomic E-state index is 13.7. The lowest BCUT2D eigenvalue weighted by Gasteiger charge is -2.19. The normalized spacial score (nSPS) is 11.2. The molecular formula is C21H20F2N4O. The van der Waals surface area contributed by atoms with Gasteiger partial charge in [-0.15, -0.1) is 0 Å². The van der Waals surface area contributed by atoms with Gasteiger partial charge in [0.15, 0.2) is 0 Å². The van der Waals surface area contributed by atoms with E-state index < -0.39 is 11.6 Å². The Morgan fingerprint density at radius 1 is 0.964 bits per heavy atom. The number of hydrogen-bond acceptors (Lipinski definition) is 4. The molecule has 7 heteroatoms. The van der Waals surface area contributed by atoms with Crippen molar-refractivity contribution >= 4 is 23.2 Å². The maximum atomic E-state index is 13.7. The van der Waals surface area contributed by atoms with Crippen LogP contribution in [0, 0.1) is 11.6 Å². The van der Waals surface area contributed by atoms with Crippen LogP contribution < -0.4 is 10.6 Å². The van der Waals surface area contributed by atoms with Crippen molar-refractivity contribution in [2.45, 2.75) is 26.2 Å². The van der Waals surface area contributed by atoms with Crippen molar-refractivity contribution in [3.05, 3.63) is 77.6 Å². The molecule has 0 saturated carbocycles. The highest BCUT2D eigenvalue weighted by Crippen LogP contribution is 2.23. The van der Waals surface area contributed by atoms with Crippen molar-refractivity contribution in [3.8, 4) is 0 Å². The van der Waals surface area contributed by atoms with Crippen LogP contribution >= 0.6 is 0 Å². The fraction of sp³-hybridized carbons (Fsp3) is 0.190. The number of aromatic nitrogens is 2. The summed E-state index contributed by atoms with van der Waals surface area (Å²) in [7, 11) is 0. The van der Waals surface area contributed by atoms with Crippen LogP contribution in [0.2, 0.25) is 0 Å². The Kier molecular flexibility index (Phi) is 5.35. The van der Waals surface area contributed by atoms with E-state index in [1.807, 2.05) is 24.3 Å². The number of rotatable bonds is 4. The molecule has 2 N–H and O–H groups in total. The summed E-state index contributed by atoms with van der Waals surface area (Å²) >= 11 is 0. The van der Waals surface area contributed by atoms with E-state index in [0.717, 1.165) is 17.7 Å². The lowest BCUT2D eigenvalue weighted by molar-refractivity contribution is 0.102. The summed E-state index contributed by atoms with van der Waals surface area (Å²) in [5.41, 5.74) is 2.15. The molecule has 144 valence electrons. The number of benzene rings is 2. The third kappa shape index (κ3) is 4.68. The first-order chi connectivity index (χ1) is 13.2. The summed E-state index contributed by atoms with van der Waals surface area (Å²) in [6, 6.07) is 10.7. The van der Waals surface area contributed by atoms with Crippen LogP contribution in [0.1, 0.15) is 36.7 Å². The Bertz CT molecular complexity index is 981. The first kappa shape index (κ1) is 19.4. The molecule has 5 nitrogen and oxygen atoms in total. The number of nitrogens with zero attached hydrogens (tertiary/aromatic N) is 2. The third-order valence-corrected chi connectivity index (χ3v) is 4.10. The van der Waals surface area contributed by atoms with Crippen LogP contribution in [0.25, 0.3) is 0 Å². The molecule has 1 heterocycles. The summed E-state index contributed by atoms with van der Waals surface area (Å²) in [6.07, 6.45) is 2.66. The second kappa shape index (κ2) is 7.72. The summed E-state index contributed by atoms with van der Waals surface area (Å²) in [4.78, 5) is 20.4. The van der Waals surface area contributed by atoms with Crippen LogP contribution in [-0.2, 0) is 5.41 Å². The SMILES string of the molecule is CC(C)(C)c1ccc(NC(=O)c2cnc(Nc3ccc(F)cc3F)nc2)cc1. The van der Waals surface area contributed by atoms with Gasteiger partial charge in [-0.25, -0.2) is 18.7 Å². The highest BCUT2D eigenvalue weighted by atomic mass is 19.1. The molecule has 0 spiro atoms. The summed E-state index contributed by atoms with van der Waals surface area (Å²) in [6.45, 7) is 6.35. The van der Waals surface area contributed by atoms with Gasteiger partial charge in [0, 0.05) is 24.1 Å². The molecule has 0 aliphatic carbocycles. The van der Waals surface area contributed by atoms with Gasteiger partial charge in [0.25, 0.3) is 5.91 Å². The zero-order chi connectivity index (χ0) is 20.3. The summed E-state index contributed by atoms with van der Waals surface area (Å²) < 4.78 is 26.6. The molecule has 0 bridgehead atoms. The number of hydrogen-bond donors (Lipinski definition) is 2. The Balaban J connectivity index is 1.66. The Morgan fingerprint density at radius 2 is 1.61 bits per heavy atom. The minimum atomic E-state index is -0.760. The molecule has 28 heavy (non-hydrogen) atoms. The minimum Gasteiger partial charge on any atom is -0.322 e. The lowest BCUT2D eigenvalue weighted by atomic mass is 9.87. The Hall–Kier alpha value is -3.35. The predicted octanol–water partition coefficient (Wildman–Crippen LogP) is 5.05. The van der Waals surface area contributed by atoms with Gasteiger partial charge < -0.3 is 10.6 Å². The van der Waals surface area contributed by atoms with Crippen LogP contribution in [0.4, 0.5) is 26.1 Å². The van der Waals surface area contributed by atoms with Gasteiger partial charge in [0.1, 0.15) is 11.6 Å². The van der Waals surface area contributed by atoms with E-state index in [0.29, 0.717) is 5.69 Å². The van der Waals surface area contributed by atoms with E-state index in [4.69, 9.17) is 0 Å². The molecule has 0 fully saturated rings. The molecule has 3 rings (SSSR count). The monoisotopic (exact) mass is 382 g/mol. The molecule has 0 aliphatic rings. The minimum absolute atomic E-state index is 0.0310. The molecule has 0 aliphatic heterocycles. The topological polar surface area (TPSA) is 66.9 Å². The van der Waals surface area contributed by atoms with Crippen LogP contribution in [0.3, 0.4) is 0 Å². The van der Waals surface area contributed by atoms with Crippen molar-refractivity contribution in [1.82, 2.24) is 9.97 Å². The van der Waals surface area contributed by atoms with Gasteiger partial charge >= 0.3 is 0 Å². The van der Waals surface area contributed by atoms with Gasteiger partial charge in [-0.05, 0) is 35.2 Å². The second-order valence-electron chi connectivity index (χ2n) is 7.33. The van der Waals surface area contributed by atoms with E-state index in [1.54, 1.807) is 0 Å². The highest BCUT2D eigenvalue weighted by molar-refractivity contribution is 6.03. The summed E-state index contributed by atoms with van der Waals surface area (Å²) in [5.74, 6) is -1.70. The van der Waals surface area contributed by atoms with E-state index in [9.17, 15) is 13.6 Å². The van der Waals surface area contributed by atoms with Gasteiger partial charge in [0.2, 0.25) is 5.95 Å². The van der Waals surface area contributed by atoms with Crippen LogP contribution in [0.5, 0.6) is 0 Å². The highest BCUT2D eigenvalue weighted by Gasteiger charge is 2.14. The Morgan fingerprint density at radius 3 is 2.18 bits per heavy atom. The molecule has 1 aromatic heterocycles. The number of halogens is 2. The maximum Gasteiger partial charge on any atom is 0.258 e. The number of amides is 1. The first-order valence-electron chi connectivity index (χ1n) is 8.68. The second-order valence-corrected chi connectivity index (χ2v) is 7.33. The quantitative estimate of drug-likeness (QED) is 0.663. The summed E-state index contributed by atoms with van der Waals surface area (Å²) in [5, 5.41) is 5.42. The average Bonchev–Trinajstić information content (AvgIpc) is 2.64. The number of carbonyl (C=O) groups excluding carboxylic acids is 1. The molecule has 1 amide bonds. The van der Waals surface area contributed by atoms with E-state index in [-0.39, 0.29) is 28.5 Å². The largest absolute Gasteiger partial charge is 0.322 e. The van der Waals surface area contributed by atoms with Gasteiger partial charge in [-0.3, -0.25) is 4.79 Å². The predicted molar refractivity (Wildman–Crippen MR) is 105 cm³/mol. The van der Waals surface area contributed by atoms with Gasteiger partial charge in [0.05, 0.1) is 11.3 Å². The van der Waals surface area contributed by atoms with Crippen molar-refractivity contribution in [1.29, 1.82) is 0 Å². The lowest BCUT2D eigenvalue weighted by Crippen LogP contribution is -2.14. The van der Waals surface area contributed by atoms with Crippen LogP contribution in [0.15, 0.2) is 54.9 Å². The molecule has 3 aromatic rings. The molecule has 2 aromatic carbocycles. The first-order valence-corrected chi connectivity index (χ1v) is 8.68. The standard InChI is InChI=1S/C21H20F2N4O/c1-21(2,3)14-4-7-16(8-5-14)26-19(28)13-11-24-20(25-12-13)27-18-9-6-15(22)10-17(18)23/h4-12H,1-3H3,(H,26,28)(H,24,25,27). The molecule has 0 saturated heterocycles. The zero-order valence-corrected chi connectivity index (χ0v) is 15.8. The van der Waals surface area contributed by atoms with Crippen LogP contribution in [-0.4, -0.2) is 15.9 Å². The van der Waals surface area contributed by atoms with Crippen molar-refractivity contribution in [2.75, 3.05) is 10.6 Å². The third-order valence-electron chi connectivity index (χ3n) is 4.10. The fourth-order valence-corrected chi connectivity index (χ4v) is 2.48. The van der Waals surface area contributed by atoms with E-state index in [1.165, 1.54) is 18.5 Å². The average molecular weight is 382 g/mol. The molecule has 0 atom stereocenters. The van der Waals surface area contributed by atoms with Crippen molar-refractivity contribution < 1.29 is 13.6 Å². The number of nitrogens with one attached hydrogen (secondary N) is 2. The molecular weight excluding hydrogens is 362 g/mol. The van der Waals surface area contributed by atoms with Gasteiger partial charge in [-0.1, -0.05) is 32.9 Å². The number of anilines is 3. The smallest absolute Gasteiger partial charge is 0.258 e. The van der Waals surface area contributed by atoms with Crippen molar-refractivity contribution in [2.24, 2.45) is 0 Å². The van der Waals surface area contributed by atoms with Gasteiger partial charge in [-0.2, -0.15) is 0 Å². The molecule has 0 radical (unpaired) electrons. The Labute approximate surface area is 161 Å². The van der Waals surface area contributed by atoms with Crippen molar-refractivity contribution in [3.63, 3.8) is 0 Å². The van der Waals surface area contributed by atoms with E-state index in [2.05, 4.69) is 41.4 Å².